The zero-order chi connectivity index (χ0) is 16.9. The minimum Gasteiger partial charge on any atom is -0.465 e. The molecule has 0 bridgehead atoms. The average molecular weight is 396 g/mol. The Bertz CT molecular complexity index is 571. The number of halogens is 3. The van der Waals surface area contributed by atoms with Gasteiger partial charge in [0.25, 0.3) is 0 Å². The fourth-order valence-electron chi connectivity index (χ4n) is 1.68. The summed E-state index contributed by atoms with van der Waals surface area (Å²) in [6.45, 7) is 3.51. The molecule has 0 saturated carbocycles. The molecule has 0 saturated heterocycles. The molecule has 0 spiro atoms. The molecule has 1 amide bonds. The van der Waals surface area contributed by atoms with Crippen molar-refractivity contribution in [2.24, 2.45) is 0 Å². The summed E-state index contributed by atoms with van der Waals surface area (Å²) < 4.78 is 19.0. The summed E-state index contributed by atoms with van der Waals surface area (Å²) in [6, 6.07) is 1.91. The Hall–Kier alpha value is -1.18. The van der Waals surface area contributed by atoms with E-state index in [1.807, 2.05) is 0 Å². The predicted octanol–water partition coefficient (Wildman–Crippen LogP) is 2.70. The third-order valence-electron chi connectivity index (χ3n) is 2.87. The molecule has 0 aliphatic rings. The van der Waals surface area contributed by atoms with Crippen LogP contribution < -0.4 is 5.43 Å². The van der Waals surface area contributed by atoms with Gasteiger partial charge in [0.1, 0.15) is 11.9 Å². The van der Waals surface area contributed by atoms with Gasteiger partial charge in [-0.2, -0.15) is 0 Å². The number of nitrogens with one attached hydrogen (secondary N) is 1. The van der Waals surface area contributed by atoms with Crippen molar-refractivity contribution in [2.45, 2.75) is 26.3 Å². The largest absolute Gasteiger partial charge is 0.465 e. The minimum absolute atomic E-state index is 0.162. The summed E-state index contributed by atoms with van der Waals surface area (Å²) in [5.41, 5.74) is 2.84. The first-order valence-corrected chi connectivity index (χ1v) is 7.76. The first kappa shape index (κ1) is 18.9. The third-order valence-corrected chi connectivity index (χ3v) is 4.32. The molecule has 0 unspecified atom stereocenters. The van der Waals surface area contributed by atoms with E-state index in [-0.39, 0.29) is 18.6 Å². The lowest BCUT2D eigenvalue weighted by Crippen LogP contribution is -2.48. The van der Waals surface area contributed by atoms with Gasteiger partial charge in [0.2, 0.25) is 5.91 Å². The van der Waals surface area contributed by atoms with E-state index in [1.54, 1.807) is 13.8 Å². The number of carbonyl (C=O) groups is 2. The zero-order valence-electron chi connectivity index (χ0n) is 12.5. The van der Waals surface area contributed by atoms with E-state index < -0.39 is 23.7 Å². The van der Waals surface area contributed by atoms with Gasteiger partial charge < -0.3 is 4.74 Å². The van der Waals surface area contributed by atoms with E-state index in [0.29, 0.717) is 9.50 Å². The lowest BCUT2D eigenvalue weighted by atomic mass is 10.1. The van der Waals surface area contributed by atoms with E-state index >= 15 is 0 Å². The molecule has 122 valence electrons. The maximum Gasteiger partial charge on any atom is 0.324 e. The molecule has 1 aromatic carbocycles. The molecule has 5 nitrogen and oxygen atoms in total. The number of esters is 1. The number of hydrogen-bond acceptors (Lipinski definition) is 4. The number of likely N-dealkylation sites (N-methyl/N-ethyl adjacent to an activating group) is 1. The van der Waals surface area contributed by atoms with Gasteiger partial charge in [-0.05, 0) is 41.9 Å². The third kappa shape index (κ3) is 4.93. The van der Waals surface area contributed by atoms with Gasteiger partial charge in [-0.3, -0.25) is 14.6 Å². The highest BCUT2D eigenvalue weighted by Gasteiger charge is 2.21. The fourth-order valence-corrected chi connectivity index (χ4v) is 2.32. The lowest BCUT2D eigenvalue weighted by Gasteiger charge is -2.22. The number of benzene rings is 1. The normalized spacial score (nSPS) is 11.9. The van der Waals surface area contributed by atoms with Gasteiger partial charge in [-0.15, -0.1) is 0 Å². The zero-order valence-corrected chi connectivity index (χ0v) is 14.8. The van der Waals surface area contributed by atoms with Crippen LogP contribution in [0.15, 0.2) is 16.6 Å². The van der Waals surface area contributed by atoms with Crippen LogP contribution >= 0.6 is 27.5 Å². The van der Waals surface area contributed by atoms with Crippen LogP contribution in [0.3, 0.4) is 0 Å². The molecule has 1 N–H and O–H groups in total. The molecule has 0 heterocycles. The topological polar surface area (TPSA) is 58.6 Å². The van der Waals surface area contributed by atoms with Gasteiger partial charge in [0.05, 0.1) is 18.1 Å². The maximum absolute atomic E-state index is 13.8. The van der Waals surface area contributed by atoms with Crippen molar-refractivity contribution >= 4 is 39.4 Å². The summed E-state index contributed by atoms with van der Waals surface area (Å²) in [4.78, 5) is 23.6. The molecular formula is C14H17BrClFN2O3. The first-order valence-electron chi connectivity index (χ1n) is 6.59. The molecule has 1 atom stereocenters. The minimum atomic E-state index is -0.693. The van der Waals surface area contributed by atoms with Crippen LogP contribution in [0.1, 0.15) is 19.4 Å². The second-order valence-electron chi connectivity index (χ2n) is 4.55. The van der Waals surface area contributed by atoms with Crippen LogP contribution in [-0.2, 0) is 20.7 Å². The number of nitrogens with zero attached hydrogens (tertiary/aromatic N) is 1. The Morgan fingerprint density at radius 2 is 2.14 bits per heavy atom. The number of amides is 1. The van der Waals surface area contributed by atoms with Gasteiger partial charge in [0.15, 0.2) is 0 Å². The van der Waals surface area contributed by atoms with Crippen LogP contribution in [-0.4, -0.2) is 36.6 Å². The van der Waals surface area contributed by atoms with Crippen molar-refractivity contribution in [2.75, 3.05) is 13.7 Å². The highest BCUT2D eigenvalue weighted by Crippen LogP contribution is 2.28. The number of rotatable bonds is 6. The molecule has 1 rings (SSSR count). The molecule has 1 aromatic rings. The van der Waals surface area contributed by atoms with E-state index in [0.717, 1.165) is 5.01 Å². The molecule has 0 aromatic heterocycles. The summed E-state index contributed by atoms with van der Waals surface area (Å²) in [5, 5.41) is 1.45. The van der Waals surface area contributed by atoms with Crippen LogP contribution in [0.4, 0.5) is 4.39 Å². The van der Waals surface area contributed by atoms with Gasteiger partial charge in [0, 0.05) is 17.1 Å². The van der Waals surface area contributed by atoms with Crippen LogP contribution in [0, 0.1) is 5.82 Å². The van der Waals surface area contributed by atoms with Gasteiger partial charge in [-0.1, -0.05) is 11.6 Å². The second kappa shape index (κ2) is 8.45. The molecule has 0 aliphatic heterocycles. The van der Waals surface area contributed by atoms with Crippen LogP contribution in [0.2, 0.25) is 5.02 Å². The monoisotopic (exact) mass is 394 g/mol. The van der Waals surface area contributed by atoms with Crippen molar-refractivity contribution in [3.63, 3.8) is 0 Å². The lowest BCUT2D eigenvalue weighted by molar-refractivity contribution is -0.148. The standard InChI is InChI=1S/C14H17BrClFN2O3/c1-4-22-14(21)8(2)18-19(3)12(20)7-9-11(17)6-5-10(16)13(9)15/h5-6,8,18H,4,7H2,1-3H3/t8-/m1/s1. The van der Waals surface area contributed by atoms with E-state index in [9.17, 15) is 14.0 Å². The van der Waals surface area contributed by atoms with Crippen molar-refractivity contribution in [3.8, 4) is 0 Å². The first-order chi connectivity index (χ1) is 10.3. The van der Waals surface area contributed by atoms with Crippen LogP contribution in [0.5, 0.6) is 0 Å². The highest BCUT2D eigenvalue weighted by molar-refractivity contribution is 9.10. The Balaban J connectivity index is 2.73. The van der Waals surface area contributed by atoms with E-state index in [4.69, 9.17) is 16.3 Å². The molecule has 0 aliphatic carbocycles. The van der Waals surface area contributed by atoms with Crippen molar-refractivity contribution in [1.82, 2.24) is 10.4 Å². The van der Waals surface area contributed by atoms with Crippen molar-refractivity contribution < 1.29 is 18.7 Å². The number of hydrazine groups is 1. The van der Waals surface area contributed by atoms with Crippen molar-refractivity contribution in [3.05, 3.63) is 33.0 Å². The Morgan fingerprint density at radius 3 is 2.73 bits per heavy atom. The molecule has 8 heteroatoms. The van der Waals surface area contributed by atoms with Gasteiger partial charge >= 0.3 is 5.97 Å². The average Bonchev–Trinajstić information content (AvgIpc) is 2.47. The smallest absolute Gasteiger partial charge is 0.324 e. The summed E-state index contributed by atoms with van der Waals surface area (Å²) >= 11 is 9.06. The second-order valence-corrected chi connectivity index (χ2v) is 5.75. The maximum atomic E-state index is 13.8. The molecular weight excluding hydrogens is 379 g/mol. The molecule has 22 heavy (non-hydrogen) atoms. The summed E-state index contributed by atoms with van der Waals surface area (Å²) in [7, 11) is 1.45. The number of ether oxygens (including phenoxy) is 1. The molecule has 0 fully saturated rings. The summed E-state index contributed by atoms with van der Waals surface area (Å²) in [5.74, 6) is -1.42. The quantitative estimate of drug-likeness (QED) is 0.457. The fraction of sp³-hybridized carbons (Fsp3) is 0.429. The highest BCUT2D eigenvalue weighted by atomic mass is 79.9. The Labute approximate surface area is 141 Å². The van der Waals surface area contributed by atoms with Crippen molar-refractivity contribution in [1.29, 1.82) is 0 Å². The van der Waals surface area contributed by atoms with Gasteiger partial charge in [-0.25, -0.2) is 9.82 Å². The van der Waals surface area contributed by atoms with E-state index in [1.165, 1.54) is 19.2 Å². The predicted molar refractivity (Wildman–Crippen MR) is 84.8 cm³/mol. The number of hydrogen-bond donors (Lipinski definition) is 1. The van der Waals surface area contributed by atoms with E-state index in [2.05, 4.69) is 21.4 Å². The van der Waals surface area contributed by atoms with Crippen LogP contribution in [0.25, 0.3) is 0 Å². The SMILES string of the molecule is CCOC(=O)[C@@H](C)NN(C)C(=O)Cc1c(F)ccc(Cl)c1Br. The Morgan fingerprint density at radius 1 is 1.50 bits per heavy atom. The molecule has 0 radical (unpaired) electrons. The Kier molecular flexibility index (Phi) is 7.25. The summed E-state index contributed by atoms with van der Waals surface area (Å²) in [6.07, 6.45) is -0.202. The number of carbonyl (C=O) groups excluding carboxylic acids is 2.